The molecule has 1 aliphatic carbocycles. The third-order valence-corrected chi connectivity index (χ3v) is 6.45. The van der Waals surface area contributed by atoms with Gasteiger partial charge < -0.3 is 10.2 Å². The molecule has 0 bridgehead atoms. The molecule has 1 N–H and O–H groups in total. The molecule has 1 saturated carbocycles. The van der Waals surface area contributed by atoms with Crippen LogP contribution in [0.4, 0.5) is 0 Å². The van der Waals surface area contributed by atoms with Crippen LogP contribution in [-0.4, -0.2) is 53.0 Å². The van der Waals surface area contributed by atoms with E-state index in [2.05, 4.69) is 38.0 Å². The number of rotatable bonds is 3. The molecule has 134 valence electrons. The Morgan fingerprint density at radius 1 is 1.33 bits per heavy atom. The van der Waals surface area contributed by atoms with E-state index in [0.29, 0.717) is 4.75 Å². The molecule has 1 aromatic heterocycles. The lowest BCUT2D eigenvalue weighted by molar-refractivity contribution is 0.293. The van der Waals surface area contributed by atoms with E-state index in [9.17, 15) is 0 Å². The van der Waals surface area contributed by atoms with E-state index < -0.39 is 0 Å². The lowest BCUT2D eigenvalue weighted by Gasteiger charge is -2.45. The molecule has 0 radical (unpaired) electrons. The third-order valence-electron chi connectivity index (χ3n) is 4.91. The van der Waals surface area contributed by atoms with Crippen LogP contribution in [0, 0.1) is 0 Å². The van der Waals surface area contributed by atoms with Crippen LogP contribution >= 0.6 is 35.7 Å². The van der Waals surface area contributed by atoms with E-state index >= 15 is 0 Å². The van der Waals surface area contributed by atoms with Crippen LogP contribution in [0.3, 0.4) is 0 Å². The Kier molecular flexibility index (Phi) is 8.13. The first-order valence-corrected chi connectivity index (χ1v) is 9.79. The summed E-state index contributed by atoms with van der Waals surface area (Å²) in [6.45, 7) is 3.15. The summed E-state index contributed by atoms with van der Waals surface area (Å²) >= 11 is 2.20. The maximum Gasteiger partial charge on any atom is 0.193 e. The van der Waals surface area contributed by atoms with Crippen molar-refractivity contribution in [3.63, 3.8) is 0 Å². The van der Waals surface area contributed by atoms with Crippen molar-refractivity contribution in [3.8, 4) is 0 Å². The van der Waals surface area contributed by atoms with Crippen molar-refractivity contribution in [2.75, 3.05) is 32.4 Å². The van der Waals surface area contributed by atoms with Crippen molar-refractivity contribution in [1.29, 1.82) is 0 Å². The standard InChI is InChI=1S/C18H28N4S.HI/c1-19-17(21-12-8-16-7-3-6-11-20-16)22-13-14-23-18(15-22)9-4-2-5-10-18;/h3,6-7,11H,2,4-5,8-10,12-15H2,1H3,(H,19,21);1H. The SMILES string of the molecule is CN=C(NCCc1ccccn1)N1CCSC2(CCCCC2)C1.I. The molecule has 0 amide bonds. The highest BCUT2D eigenvalue weighted by atomic mass is 127. The minimum Gasteiger partial charge on any atom is -0.356 e. The molecule has 2 fully saturated rings. The third kappa shape index (κ3) is 5.25. The maximum atomic E-state index is 4.52. The Bertz CT molecular complexity index is 512. The number of thioether (sulfide) groups is 1. The summed E-state index contributed by atoms with van der Waals surface area (Å²) in [4.78, 5) is 11.4. The van der Waals surface area contributed by atoms with E-state index in [-0.39, 0.29) is 24.0 Å². The zero-order valence-corrected chi connectivity index (χ0v) is 17.7. The van der Waals surface area contributed by atoms with Gasteiger partial charge in [-0.2, -0.15) is 11.8 Å². The van der Waals surface area contributed by atoms with Gasteiger partial charge in [-0.3, -0.25) is 9.98 Å². The van der Waals surface area contributed by atoms with E-state index in [1.165, 1.54) is 37.9 Å². The summed E-state index contributed by atoms with van der Waals surface area (Å²) in [6, 6.07) is 6.09. The second-order valence-electron chi connectivity index (χ2n) is 6.56. The van der Waals surface area contributed by atoms with E-state index in [4.69, 9.17) is 0 Å². The first kappa shape index (κ1) is 19.8. The molecule has 1 saturated heterocycles. The molecule has 6 heteroatoms. The molecule has 2 aliphatic rings. The molecular weight excluding hydrogens is 431 g/mol. The summed E-state index contributed by atoms with van der Waals surface area (Å²) in [6.07, 6.45) is 9.75. The quantitative estimate of drug-likeness (QED) is 0.426. The average Bonchev–Trinajstić information content (AvgIpc) is 2.60. The van der Waals surface area contributed by atoms with Gasteiger partial charge >= 0.3 is 0 Å². The normalized spacial score (nSPS) is 20.5. The average molecular weight is 460 g/mol. The van der Waals surface area contributed by atoms with Crippen molar-refractivity contribution in [2.24, 2.45) is 4.99 Å². The molecule has 1 aliphatic heterocycles. The zero-order valence-electron chi connectivity index (χ0n) is 14.5. The number of aliphatic imine (C=N–C) groups is 1. The lowest BCUT2D eigenvalue weighted by Crippen LogP contribution is -2.53. The first-order valence-electron chi connectivity index (χ1n) is 8.81. The molecule has 2 heterocycles. The fourth-order valence-corrected chi connectivity index (χ4v) is 5.27. The van der Waals surface area contributed by atoms with Crippen LogP contribution in [0.15, 0.2) is 29.4 Å². The van der Waals surface area contributed by atoms with Crippen LogP contribution in [0.1, 0.15) is 37.8 Å². The predicted molar refractivity (Wildman–Crippen MR) is 115 cm³/mol. The first-order chi connectivity index (χ1) is 11.3. The van der Waals surface area contributed by atoms with Gasteiger partial charge in [0.2, 0.25) is 0 Å². The van der Waals surface area contributed by atoms with Crippen LogP contribution in [0.25, 0.3) is 0 Å². The van der Waals surface area contributed by atoms with E-state index in [0.717, 1.165) is 37.7 Å². The summed E-state index contributed by atoms with van der Waals surface area (Å²) in [5.74, 6) is 2.28. The molecule has 0 unspecified atom stereocenters. The summed E-state index contributed by atoms with van der Waals surface area (Å²) in [5.41, 5.74) is 1.13. The number of halogens is 1. The van der Waals surface area contributed by atoms with Gasteiger partial charge in [-0.1, -0.05) is 25.3 Å². The summed E-state index contributed by atoms with van der Waals surface area (Å²) < 4.78 is 0.481. The molecule has 0 atom stereocenters. The topological polar surface area (TPSA) is 40.5 Å². The number of hydrogen-bond acceptors (Lipinski definition) is 3. The van der Waals surface area contributed by atoms with Gasteiger partial charge in [-0.05, 0) is 25.0 Å². The van der Waals surface area contributed by atoms with Crippen LogP contribution in [-0.2, 0) is 6.42 Å². The number of guanidine groups is 1. The number of nitrogens with zero attached hydrogens (tertiary/aromatic N) is 3. The van der Waals surface area contributed by atoms with Gasteiger partial charge in [0.25, 0.3) is 0 Å². The molecule has 24 heavy (non-hydrogen) atoms. The Labute approximate surface area is 167 Å². The monoisotopic (exact) mass is 460 g/mol. The van der Waals surface area contributed by atoms with Crippen LogP contribution in [0.5, 0.6) is 0 Å². The fourth-order valence-electron chi connectivity index (χ4n) is 3.70. The number of aromatic nitrogens is 1. The van der Waals surface area contributed by atoms with Crippen molar-refractivity contribution in [3.05, 3.63) is 30.1 Å². The Balaban J connectivity index is 0.00000208. The lowest BCUT2D eigenvalue weighted by atomic mass is 9.87. The molecule has 3 rings (SSSR count). The van der Waals surface area contributed by atoms with Gasteiger partial charge in [0.15, 0.2) is 5.96 Å². The number of nitrogens with one attached hydrogen (secondary N) is 1. The second-order valence-corrected chi connectivity index (χ2v) is 8.12. The zero-order chi connectivity index (χ0) is 16.0. The maximum absolute atomic E-state index is 4.52. The number of hydrogen-bond donors (Lipinski definition) is 1. The summed E-state index contributed by atoms with van der Waals surface area (Å²) in [5, 5.41) is 3.54. The van der Waals surface area contributed by atoms with Gasteiger partial charge in [-0.15, -0.1) is 24.0 Å². The Hall–Kier alpha value is -0.500. The molecule has 1 spiro atoms. The molecule has 4 nitrogen and oxygen atoms in total. The van der Waals surface area contributed by atoms with E-state index in [1.807, 2.05) is 25.4 Å². The fraction of sp³-hybridized carbons (Fsp3) is 0.667. The smallest absolute Gasteiger partial charge is 0.193 e. The van der Waals surface area contributed by atoms with Gasteiger partial charge in [0.1, 0.15) is 0 Å². The minimum absolute atomic E-state index is 0. The van der Waals surface area contributed by atoms with Gasteiger partial charge in [0.05, 0.1) is 0 Å². The largest absolute Gasteiger partial charge is 0.356 e. The van der Waals surface area contributed by atoms with Crippen LogP contribution < -0.4 is 5.32 Å². The highest BCUT2D eigenvalue weighted by Crippen LogP contribution is 2.42. The van der Waals surface area contributed by atoms with Crippen molar-refractivity contribution in [2.45, 2.75) is 43.3 Å². The Morgan fingerprint density at radius 3 is 2.88 bits per heavy atom. The van der Waals surface area contributed by atoms with E-state index in [1.54, 1.807) is 0 Å². The molecule has 0 aromatic carbocycles. The Morgan fingerprint density at radius 2 is 2.17 bits per heavy atom. The van der Waals surface area contributed by atoms with Crippen LogP contribution in [0.2, 0.25) is 0 Å². The number of pyridine rings is 1. The van der Waals surface area contributed by atoms with Crippen molar-refractivity contribution < 1.29 is 0 Å². The predicted octanol–water partition coefficient (Wildman–Crippen LogP) is 3.57. The van der Waals surface area contributed by atoms with Crippen molar-refractivity contribution >= 4 is 41.7 Å². The highest BCUT2D eigenvalue weighted by molar-refractivity contribution is 14.0. The molecular formula is C18H29IN4S. The summed E-state index contributed by atoms with van der Waals surface area (Å²) in [7, 11) is 1.90. The van der Waals surface area contributed by atoms with Gasteiger partial charge in [-0.25, -0.2) is 0 Å². The second kappa shape index (κ2) is 9.85. The highest BCUT2D eigenvalue weighted by Gasteiger charge is 2.38. The van der Waals surface area contributed by atoms with Gasteiger partial charge in [0, 0.05) is 55.5 Å². The molecule has 1 aromatic rings. The van der Waals surface area contributed by atoms with Crippen molar-refractivity contribution in [1.82, 2.24) is 15.2 Å². The minimum atomic E-state index is 0.